The molecule has 0 amide bonds. The lowest BCUT2D eigenvalue weighted by Crippen LogP contribution is -2.24. The minimum atomic E-state index is -3.79. The van der Waals surface area contributed by atoms with Crippen LogP contribution in [0.5, 0.6) is 0 Å². The number of aromatic nitrogens is 2. The van der Waals surface area contributed by atoms with Crippen LogP contribution in [0.3, 0.4) is 0 Å². The van der Waals surface area contributed by atoms with Crippen molar-refractivity contribution in [2.45, 2.75) is 17.9 Å². The molecular formula is C19H15N5O7S. The Labute approximate surface area is 181 Å². The zero-order chi connectivity index (χ0) is 23.1. The summed E-state index contributed by atoms with van der Waals surface area (Å²) in [6, 6.07) is 12.4. The Morgan fingerprint density at radius 2 is 1.84 bits per heavy atom. The number of hydrogen-bond acceptors (Lipinski definition) is 10. The maximum absolute atomic E-state index is 12.2. The molecule has 13 heteroatoms. The van der Waals surface area contributed by atoms with Crippen molar-refractivity contribution in [3.8, 4) is 17.5 Å². The van der Waals surface area contributed by atoms with Crippen LogP contribution in [0, 0.1) is 21.4 Å². The predicted octanol–water partition coefficient (Wildman–Crippen LogP) is 2.19. The monoisotopic (exact) mass is 457 g/mol. The molecule has 0 fully saturated rings. The molecular weight excluding hydrogens is 442 g/mol. The number of nitrogens with zero attached hydrogens (tertiary/aromatic N) is 4. The molecule has 0 atom stereocenters. The molecule has 0 bridgehead atoms. The van der Waals surface area contributed by atoms with Crippen LogP contribution in [0.25, 0.3) is 11.5 Å². The van der Waals surface area contributed by atoms with Crippen LogP contribution in [0.2, 0.25) is 0 Å². The van der Waals surface area contributed by atoms with Crippen LogP contribution in [0.1, 0.15) is 22.7 Å². The fourth-order valence-electron chi connectivity index (χ4n) is 2.46. The first-order valence-electron chi connectivity index (χ1n) is 9.01. The van der Waals surface area contributed by atoms with E-state index in [9.17, 15) is 23.3 Å². The molecule has 0 radical (unpaired) electrons. The summed E-state index contributed by atoms with van der Waals surface area (Å²) in [7, 11) is -3.79. The summed E-state index contributed by atoms with van der Waals surface area (Å²) >= 11 is 0. The van der Waals surface area contributed by atoms with E-state index in [-0.39, 0.29) is 47.5 Å². The number of rotatable bonds is 9. The van der Waals surface area contributed by atoms with Gasteiger partial charge in [0.1, 0.15) is 0 Å². The number of benzene rings is 2. The fourth-order valence-corrected chi connectivity index (χ4v) is 3.49. The molecule has 0 aliphatic heterocycles. The number of carbonyl (C=O) groups is 1. The average molecular weight is 457 g/mol. The summed E-state index contributed by atoms with van der Waals surface area (Å²) in [5.74, 6) is -0.626. The number of sulfonamides is 1. The van der Waals surface area contributed by atoms with Gasteiger partial charge in [-0.2, -0.15) is 5.26 Å². The Kier molecular flexibility index (Phi) is 6.88. The van der Waals surface area contributed by atoms with Crippen molar-refractivity contribution in [3.05, 3.63) is 70.1 Å². The van der Waals surface area contributed by atoms with Crippen LogP contribution in [-0.2, 0) is 21.4 Å². The van der Waals surface area contributed by atoms with Crippen LogP contribution < -0.4 is 4.72 Å². The van der Waals surface area contributed by atoms with Gasteiger partial charge in [0.15, 0.2) is 6.61 Å². The number of esters is 1. The van der Waals surface area contributed by atoms with E-state index in [0.29, 0.717) is 5.56 Å². The van der Waals surface area contributed by atoms with Crippen LogP contribution in [-0.4, -0.2) is 36.1 Å². The smallest absolute Gasteiger partial charge is 0.338 e. The summed E-state index contributed by atoms with van der Waals surface area (Å²) < 4.78 is 36.9. The molecule has 32 heavy (non-hydrogen) atoms. The quantitative estimate of drug-likeness (QED) is 0.217. The Hall–Kier alpha value is -4.15. The molecule has 0 spiro atoms. The maximum Gasteiger partial charge on any atom is 0.338 e. The highest BCUT2D eigenvalue weighted by molar-refractivity contribution is 7.89. The van der Waals surface area contributed by atoms with E-state index in [0.717, 1.165) is 0 Å². The van der Waals surface area contributed by atoms with Gasteiger partial charge in [0.05, 0.1) is 21.5 Å². The third-order valence-electron chi connectivity index (χ3n) is 4.05. The topological polar surface area (TPSA) is 178 Å². The van der Waals surface area contributed by atoms with Crippen molar-refractivity contribution in [2.75, 3.05) is 6.54 Å². The second-order valence-corrected chi connectivity index (χ2v) is 7.98. The largest absolute Gasteiger partial charge is 0.452 e. The summed E-state index contributed by atoms with van der Waals surface area (Å²) in [6.07, 6.45) is 0.0330. The van der Waals surface area contributed by atoms with Gasteiger partial charge in [-0.15, -0.1) is 10.2 Å². The number of nitrogens with one attached hydrogen (secondary N) is 1. The lowest BCUT2D eigenvalue weighted by Gasteiger charge is -2.06. The molecule has 3 aromatic rings. The van der Waals surface area contributed by atoms with Crippen molar-refractivity contribution in [2.24, 2.45) is 0 Å². The van der Waals surface area contributed by atoms with E-state index in [1.807, 2.05) is 6.07 Å². The highest BCUT2D eigenvalue weighted by atomic mass is 32.2. The SMILES string of the molecule is N#CCCNS(=O)(=O)c1ccc(C(=O)OCc2nnc(-c3ccc([N+](=O)[O-])cc3)o2)cc1. The molecule has 0 aliphatic carbocycles. The molecule has 0 saturated carbocycles. The van der Waals surface area contributed by atoms with Crippen molar-refractivity contribution >= 4 is 21.7 Å². The van der Waals surface area contributed by atoms with E-state index in [2.05, 4.69) is 14.9 Å². The Morgan fingerprint density at radius 1 is 1.16 bits per heavy atom. The van der Waals surface area contributed by atoms with Gasteiger partial charge in [0.2, 0.25) is 15.9 Å². The van der Waals surface area contributed by atoms with E-state index < -0.39 is 20.9 Å². The number of nitriles is 1. The minimum absolute atomic E-state index is 0.00703. The summed E-state index contributed by atoms with van der Waals surface area (Å²) in [4.78, 5) is 22.3. The van der Waals surface area contributed by atoms with Crippen LogP contribution in [0.4, 0.5) is 5.69 Å². The Balaban J connectivity index is 1.59. The second kappa shape index (κ2) is 9.77. The number of nitro benzene ring substituents is 1. The molecule has 1 aromatic heterocycles. The molecule has 3 rings (SSSR count). The maximum atomic E-state index is 12.2. The lowest BCUT2D eigenvalue weighted by molar-refractivity contribution is -0.384. The summed E-state index contributed by atoms with van der Waals surface area (Å²) in [5, 5.41) is 26.7. The van der Waals surface area contributed by atoms with Crippen LogP contribution in [0.15, 0.2) is 57.8 Å². The van der Waals surface area contributed by atoms with Crippen molar-refractivity contribution in [1.82, 2.24) is 14.9 Å². The van der Waals surface area contributed by atoms with Crippen molar-refractivity contribution in [1.29, 1.82) is 5.26 Å². The minimum Gasteiger partial charge on any atom is -0.452 e. The number of non-ortho nitro benzene ring substituents is 1. The predicted molar refractivity (Wildman–Crippen MR) is 107 cm³/mol. The average Bonchev–Trinajstić information content (AvgIpc) is 3.27. The van der Waals surface area contributed by atoms with Gasteiger partial charge in [0, 0.05) is 30.7 Å². The van der Waals surface area contributed by atoms with Crippen molar-refractivity contribution in [3.63, 3.8) is 0 Å². The normalized spacial score (nSPS) is 11.0. The van der Waals surface area contributed by atoms with E-state index >= 15 is 0 Å². The number of hydrogen-bond donors (Lipinski definition) is 1. The first-order valence-corrected chi connectivity index (χ1v) is 10.5. The van der Waals surface area contributed by atoms with E-state index in [4.69, 9.17) is 14.4 Å². The molecule has 2 aromatic carbocycles. The highest BCUT2D eigenvalue weighted by Gasteiger charge is 2.16. The Morgan fingerprint density at radius 3 is 2.47 bits per heavy atom. The van der Waals surface area contributed by atoms with Gasteiger partial charge in [-0.3, -0.25) is 10.1 Å². The van der Waals surface area contributed by atoms with Gasteiger partial charge in [-0.25, -0.2) is 17.9 Å². The van der Waals surface area contributed by atoms with Gasteiger partial charge < -0.3 is 9.15 Å². The van der Waals surface area contributed by atoms with E-state index in [1.54, 1.807) is 0 Å². The first kappa shape index (κ1) is 22.5. The zero-order valence-corrected chi connectivity index (χ0v) is 17.1. The lowest BCUT2D eigenvalue weighted by atomic mass is 10.2. The van der Waals surface area contributed by atoms with Crippen LogP contribution >= 0.6 is 0 Å². The number of carbonyl (C=O) groups excluding carboxylic acids is 1. The summed E-state index contributed by atoms with van der Waals surface area (Å²) in [6.45, 7) is -0.344. The van der Waals surface area contributed by atoms with Gasteiger partial charge in [-0.05, 0) is 36.4 Å². The molecule has 164 valence electrons. The van der Waals surface area contributed by atoms with Crippen molar-refractivity contribution < 1.29 is 27.3 Å². The molecule has 0 saturated heterocycles. The number of nitro groups is 1. The van der Waals surface area contributed by atoms with E-state index in [1.165, 1.54) is 48.5 Å². The zero-order valence-electron chi connectivity index (χ0n) is 16.3. The second-order valence-electron chi connectivity index (χ2n) is 6.21. The standard InChI is InChI=1S/C19H15N5O7S/c20-10-1-11-21-32(28,29)16-8-4-14(5-9-16)19(25)30-12-17-22-23-18(31-17)13-2-6-15(7-3-13)24(26)27/h2-9,21H,1,11-12H2. The first-order chi connectivity index (χ1) is 15.3. The third-order valence-corrected chi connectivity index (χ3v) is 5.52. The third kappa shape index (κ3) is 5.50. The molecule has 0 aliphatic rings. The Bertz CT molecular complexity index is 1260. The molecule has 1 N–H and O–H groups in total. The molecule has 1 heterocycles. The van der Waals surface area contributed by atoms with Gasteiger partial charge in [0.25, 0.3) is 11.6 Å². The molecule has 0 unspecified atom stereocenters. The van der Waals surface area contributed by atoms with Gasteiger partial charge >= 0.3 is 5.97 Å². The molecule has 12 nitrogen and oxygen atoms in total. The fraction of sp³-hybridized carbons (Fsp3) is 0.158. The highest BCUT2D eigenvalue weighted by Crippen LogP contribution is 2.21. The summed E-state index contributed by atoms with van der Waals surface area (Å²) in [5.41, 5.74) is 0.483. The van der Waals surface area contributed by atoms with Gasteiger partial charge in [-0.1, -0.05) is 0 Å². The number of ether oxygens (including phenoxy) is 1.